The highest BCUT2D eigenvalue weighted by molar-refractivity contribution is 8.08. The molecule has 0 aliphatic carbocycles. The molecule has 2 aliphatic rings. The summed E-state index contributed by atoms with van der Waals surface area (Å²) in [6.07, 6.45) is 1.40. The van der Waals surface area contributed by atoms with Crippen LogP contribution in [0.5, 0.6) is 5.75 Å². The maximum absolute atomic E-state index is 12.7. The number of rotatable bonds is 10. The van der Waals surface area contributed by atoms with E-state index in [1.165, 1.54) is 22.7 Å². The van der Waals surface area contributed by atoms with Crippen molar-refractivity contribution < 1.29 is 29.0 Å². The molecule has 2 N–H and O–H groups in total. The molecule has 1 aromatic rings. The van der Waals surface area contributed by atoms with Crippen LogP contribution in [-0.2, 0) is 19.2 Å². The number of carbonyl (C=O) groups is 4. The number of hydrogen-bond acceptors (Lipinski definition) is 7. The predicted molar refractivity (Wildman–Crippen MR) is 126 cm³/mol. The smallest absolute Gasteiger partial charge is 0.353 e. The lowest BCUT2D eigenvalue weighted by atomic mass is 10.1. The number of carbonyl (C=O) groups excluding carboxylic acids is 3. The Hall–Kier alpha value is -2.92. The highest BCUT2D eigenvalue weighted by Gasteiger charge is 2.54. The van der Waals surface area contributed by atoms with Gasteiger partial charge in [0.1, 0.15) is 22.9 Å². The van der Waals surface area contributed by atoms with Gasteiger partial charge in [-0.05, 0) is 31.4 Å². The summed E-state index contributed by atoms with van der Waals surface area (Å²) in [5.74, 6) is -1.46. The summed E-state index contributed by atoms with van der Waals surface area (Å²) < 4.78 is 5.39. The van der Waals surface area contributed by atoms with Crippen molar-refractivity contribution in [3.05, 3.63) is 52.4 Å². The molecule has 1 aromatic carbocycles. The third kappa shape index (κ3) is 5.72. The van der Waals surface area contributed by atoms with E-state index in [1.807, 2.05) is 19.9 Å². The molecule has 0 aromatic heterocycles. The summed E-state index contributed by atoms with van der Waals surface area (Å²) in [5, 5.41) is 13.4. The van der Waals surface area contributed by atoms with E-state index in [1.54, 1.807) is 34.6 Å². The second kappa shape index (κ2) is 11.3. The van der Waals surface area contributed by atoms with Gasteiger partial charge in [0, 0.05) is 29.8 Å². The molecule has 1 fully saturated rings. The van der Waals surface area contributed by atoms with Crippen LogP contribution in [0.2, 0.25) is 0 Å². The van der Waals surface area contributed by atoms with Gasteiger partial charge < -0.3 is 20.1 Å². The zero-order valence-corrected chi connectivity index (χ0v) is 19.9. The lowest BCUT2D eigenvalue weighted by Crippen LogP contribution is -2.70. The third-order valence-electron chi connectivity index (χ3n) is 5.06. The number of likely N-dealkylation sites (N-methyl/N-ethyl adjacent to an activating group) is 1. The quantitative estimate of drug-likeness (QED) is 0.377. The molecule has 176 valence electrons. The second-order valence-corrected chi connectivity index (χ2v) is 9.17. The molecular formula is C22H25N3O6S2. The van der Waals surface area contributed by atoms with Crippen molar-refractivity contribution in [1.82, 2.24) is 15.1 Å². The van der Waals surface area contributed by atoms with Crippen LogP contribution in [0.15, 0.2) is 52.4 Å². The molecular weight excluding hydrogens is 466 g/mol. The Morgan fingerprint density at radius 1 is 1.27 bits per heavy atom. The van der Waals surface area contributed by atoms with Gasteiger partial charge in [-0.1, -0.05) is 30.0 Å². The Morgan fingerprint density at radius 3 is 2.61 bits per heavy atom. The first kappa shape index (κ1) is 24.7. The summed E-state index contributed by atoms with van der Waals surface area (Å²) in [4.78, 5) is 52.2. The van der Waals surface area contributed by atoms with E-state index >= 15 is 0 Å². The van der Waals surface area contributed by atoms with Gasteiger partial charge in [0.2, 0.25) is 5.91 Å². The number of carboxylic acids is 1. The molecule has 2 heterocycles. The minimum absolute atomic E-state index is 0.111. The van der Waals surface area contributed by atoms with Crippen molar-refractivity contribution in [2.24, 2.45) is 0 Å². The van der Waals surface area contributed by atoms with Crippen molar-refractivity contribution in [3.8, 4) is 5.75 Å². The summed E-state index contributed by atoms with van der Waals surface area (Å²) >= 11 is 2.47. The number of para-hydroxylation sites is 1. The van der Waals surface area contributed by atoms with Crippen LogP contribution in [0.4, 0.5) is 0 Å². The standard InChI is InChI=1S/C22H25N3O6S2/c1-3-24(4-2)17(27)10-11-32-15-13-33-21-18(20(28)25(21)19(15)22(29)30)23-16(26)12-31-14-8-6-5-7-9-14/h5-11,18,21H,3-4,12-13H2,1-2H3,(H,23,26)(H,29,30)/b11-10-/t18-,21+/m1/s1. The van der Waals surface area contributed by atoms with E-state index in [2.05, 4.69) is 5.32 Å². The number of benzene rings is 1. The molecule has 9 nitrogen and oxygen atoms in total. The minimum atomic E-state index is -1.23. The SMILES string of the molecule is CCN(CC)C(=O)/C=C\SC1=C(C(=O)O)N2C(=O)[C@@H](NC(=O)COc3ccccc3)[C@@H]2SC1. The number of ether oxygens (including phenoxy) is 1. The monoisotopic (exact) mass is 491 g/mol. The van der Waals surface area contributed by atoms with Crippen molar-refractivity contribution in [3.63, 3.8) is 0 Å². The number of fused-ring (bicyclic) bond motifs is 1. The molecule has 0 spiro atoms. The van der Waals surface area contributed by atoms with Crippen molar-refractivity contribution in [1.29, 1.82) is 0 Å². The largest absolute Gasteiger partial charge is 0.484 e. The molecule has 2 atom stereocenters. The maximum Gasteiger partial charge on any atom is 0.353 e. The topological polar surface area (TPSA) is 116 Å². The maximum atomic E-state index is 12.7. The van der Waals surface area contributed by atoms with Crippen molar-refractivity contribution in [2.45, 2.75) is 25.3 Å². The van der Waals surface area contributed by atoms with Crippen LogP contribution in [0.25, 0.3) is 0 Å². The first-order chi connectivity index (χ1) is 15.9. The van der Waals surface area contributed by atoms with E-state index in [9.17, 15) is 24.3 Å². The van der Waals surface area contributed by atoms with E-state index in [4.69, 9.17) is 4.74 Å². The number of β-lactam (4-membered cyclic amide) rings is 1. The van der Waals surface area contributed by atoms with E-state index < -0.39 is 29.2 Å². The van der Waals surface area contributed by atoms with Crippen molar-refractivity contribution >= 4 is 47.2 Å². The zero-order chi connectivity index (χ0) is 24.0. The number of hydrogen-bond donors (Lipinski definition) is 2. The number of carboxylic acid groups (broad SMARTS) is 1. The van der Waals surface area contributed by atoms with Crippen LogP contribution < -0.4 is 10.1 Å². The number of amides is 3. The summed E-state index contributed by atoms with van der Waals surface area (Å²) in [6.45, 7) is 4.67. The molecule has 0 unspecified atom stereocenters. The molecule has 3 rings (SSSR count). The van der Waals surface area contributed by atoms with Crippen LogP contribution in [0, 0.1) is 0 Å². The van der Waals surface area contributed by atoms with Gasteiger partial charge in [0.25, 0.3) is 11.8 Å². The van der Waals surface area contributed by atoms with Crippen LogP contribution in [0.1, 0.15) is 13.8 Å². The van der Waals surface area contributed by atoms with E-state index in [-0.39, 0.29) is 18.2 Å². The fourth-order valence-electron chi connectivity index (χ4n) is 3.38. The van der Waals surface area contributed by atoms with Gasteiger partial charge in [0.05, 0.1) is 0 Å². The number of nitrogens with one attached hydrogen (secondary N) is 1. The summed E-state index contributed by atoms with van der Waals surface area (Å²) in [6, 6.07) is 8.00. The van der Waals surface area contributed by atoms with E-state index in [0.29, 0.717) is 29.5 Å². The summed E-state index contributed by atoms with van der Waals surface area (Å²) in [7, 11) is 0. The number of aliphatic carboxylic acids is 1. The van der Waals surface area contributed by atoms with Crippen LogP contribution >= 0.6 is 23.5 Å². The van der Waals surface area contributed by atoms with Crippen LogP contribution in [-0.4, -0.2) is 75.5 Å². The van der Waals surface area contributed by atoms with Gasteiger partial charge in [0.15, 0.2) is 6.61 Å². The first-order valence-corrected chi connectivity index (χ1v) is 12.3. The van der Waals surface area contributed by atoms with Crippen LogP contribution in [0.3, 0.4) is 0 Å². The van der Waals surface area contributed by atoms with Gasteiger partial charge in [-0.25, -0.2) is 4.79 Å². The normalized spacial score (nSPS) is 19.7. The lowest BCUT2D eigenvalue weighted by Gasteiger charge is -2.49. The average Bonchev–Trinajstić information content (AvgIpc) is 2.82. The number of thioether (sulfide) groups is 2. The Kier molecular flexibility index (Phi) is 8.45. The second-order valence-electron chi connectivity index (χ2n) is 7.06. The lowest BCUT2D eigenvalue weighted by molar-refractivity contribution is -0.150. The highest BCUT2D eigenvalue weighted by atomic mass is 32.2. The molecule has 2 aliphatic heterocycles. The number of nitrogens with zero attached hydrogens (tertiary/aromatic N) is 2. The predicted octanol–water partition coefficient (Wildman–Crippen LogP) is 1.88. The van der Waals surface area contributed by atoms with E-state index in [0.717, 1.165) is 11.8 Å². The molecule has 11 heteroatoms. The van der Waals surface area contributed by atoms with Crippen molar-refractivity contribution in [2.75, 3.05) is 25.4 Å². The average molecular weight is 492 g/mol. The Balaban J connectivity index is 1.62. The molecule has 33 heavy (non-hydrogen) atoms. The molecule has 0 saturated carbocycles. The molecule has 0 bridgehead atoms. The highest BCUT2D eigenvalue weighted by Crippen LogP contribution is 2.43. The Labute approximate surface area is 200 Å². The molecule has 3 amide bonds. The minimum Gasteiger partial charge on any atom is -0.484 e. The zero-order valence-electron chi connectivity index (χ0n) is 18.2. The first-order valence-electron chi connectivity index (χ1n) is 10.4. The Bertz CT molecular complexity index is 978. The molecule has 1 saturated heterocycles. The fraction of sp³-hybridized carbons (Fsp3) is 0.364. The fourth-order valence-corrected chi connectivity index (χ4v) is 5.69. The van der Waals surface area contributed by atoms with Gasteiger partial charge >= 0.3 is 5.97 Å². The van der Waals surface area contributed by atoms with Gasteiger partial charge in [-0.3, -0.25) is 19.3 Å². The van der Waals surface area contributed by atoms with Gasteiger partial charge in [-0.15, -0.1) is 11.8 Å². The Morgan fingerprint density at radius 2 is 1.97 bits per heavy atom. The molecule has 0 radical (unpaired) electrons. The van der Waals surface area contributed by atoms with Gasteiger partial charge in [-0.2, -0.15) is 0 Å². The third-order valence-corrected chi connectivity index (χ3v) is 7.42. The summed E-state index contributed by atoms with van der Waals surface area (Å²) in [5.41, 5.74) is -0.111.